The number of nitrogens with zero attached hydrogens (tertiary/aromatic N) is 1. The second-order valence-corrected chi connectivity index (χ2v) is 17.5. The summed E-state index contributed by atoms with van der Waals surface area (Å²) in [5.41, 5.74) is 18.7. The minimum absolute atomic E-state index is 0.531. The van der Waals surface area contributed by atoms with Crippen LogP contribution in [0, 0.1) is 0 Å². The minimum Gasteiger partial charge on any atom is -0.454 e. The Morgan fingerprint density at radius 3 is 1.58 bits per heavy atom. The van der Waals surface area contributed by atoms with Gasteiger partial charge in [-0.3, -0.25) is 0 Å². The van der Waals surface area contributed by atoms with Crippen LogP contribution in [0.3, 0.4) is 0 Å². The first-order chi connectivity index (χ1) is 33.3. The van der Waals surface area contributed by atoms with Gasteiger partial charge in [-0.25, -0.2) is 0 Å². The molecule has 1 aliphatic carbocycles. The number of furan rings is 1. The van der Waals surface area contributed by atoms with Crippen molar-refractivity contribution in [3.05, 3.63) is 283 Å². The molecule has 0 saturated heterocycles. The Labute approximate surface area is 390 Å². The third-order valence-corrected chi connectivity index (χ3v) is 14.0. The fourth-order valence-corrected chi connectivity index (χ4v) is 11.1. The monoisotopic (exact) mass is 853 g/mol. The molecule has 11 aromatic carbocycles. The van der Waals surface area contributed by atoms with Crippen LogP contribution in [0.1, 0.15) is 22.3 Å². The Balaban J connectivity index is 1.09. The van der Waals surface area contributed by atoms with Crippen LogP contribution in [0.15, 0.2) is 265 Å². The normalized spacial score (nSPS) is 12.6. The van der Waals surface area contributed by atoms with Crippen molar-refractivity contribution in [2.75, 3.05) is 4.90 Å². The Hall–Kier alpha value is -8.72. The highest BCUT2D eigenvalue weighted by atomic mass is 16.3. The predicted molar refractivity (Wildman–Crippen MR) is 280 cm³/mol. The third kappa shape index (κ3) is 6.04. The van der Waals surface area contributed by atoms with Gasteiger partial charge in [-0.2, -0.15) is 0 Å². The molecule has 0 amide bonds. The molecule has 1 aliphatic rings. The van der Waals surface area contributed by atoms with Crippen LogP contribution in [-0.4, -0.2) is 0 Å². The highest BCUT2D eigenvalue weighted by Gasteiger charge is 2.46. The van der Waals surface area contributed by atoms with E-state index in [0.29, 0.717) is 0 Å². The van der Waals surface area contributed by atoms with Crippen molar-refractivity contribution in [1.29, 1.82) is 0 Å². The molecule has 0 N–H and O–H groups in total. The molecule has 0 atom stereocenters. The van der Waals surface area contributed by atoms with Gasteiger partial charge in [0, 0.05) is 21.9 Å². The molecule has 0 unspecified atom stereocenters. The van der Waals surface area contributed by atoms with Gasteiger partial charge >= 0.3 is 0 Å². The van der Waals surface area contributed by atoms with Crippen LogP contribution < -0.4 is 4.90 Å². The standard InChI is InChI=1S/C65H43NO/c1-4-21-44(22-5-1)50-33-18-23-45-24-19-34-55(63(45)50)53-31-12-16-38-60(53)66(61-39-20-35-56-54-32-13-17-40-62(54)67-64(56)61)59-37-15-11-29-49(59)46-41-42-52-51-30-10-14-36-57(51)65(58(52)43-46,47-25-6-2-7-26-47)48-27-8-3-9-28-48/h1-43H. The van der Waals surface area contributed by atoms with Crippen LogP contribution in [-0.2, 0) is 5.41 Å². The fourth-order valence-electron chi connectivity index (χ4n) is 11.1. The van der Waals surface area contributed by atoms with E-state index in [4.69, 9.17) is 4.42 Å². The van der Waals surface area contributed by atoms with E-state index in [9.17, 15) is 0 Å². The summed E-state index contributed by atoms with van der Waals surface area (Å²) in [4.78, 5) is 2.45. The molecule has 0 saturated carbocycles. The second-order valence-electron chi connectivity index (χ2n) is 17.5. The van der Waals surface area contributed by atoms with Crippen molar-refractivity contribution in [2.24, 2.45) is 0 Å². The molecule has 0 aliphatic heterocycles. The van der Waals surface area contributed by atoms with Gasteiger partial charge in [0.2, 0.25) is 0 Å². The van der Waals surface area contributed by atoms with Gasteiger partial charge in [0.05, 0.1) is 22.5 Å². The van der Waals surface area contributed by atoms with Crippen molar-refractivity contribution in [1.82, 2.24) is 0 Å². The Bertz CT molecular complexity index is 3770. The van der Waals surface area contributed by atoms with Crippen LogP contribution >= 0.6 is 0 Å². The molecule has 0 spiro atoms. The molecule has 0 bridgehead atoms. The first-order valence-electron chi connectivity index (χ1n) is 23.1. The van der Waals surface area contributed by atoms with Gasteiger partial charge in [-0.1, -0.05) is 231 Å². The topological polar surface area (TPSA) is 16.4 Å². The zero-order valence-electron chi connectivity index (χ0n) is 36.7. The summed E-state index contributed by atoms with van der Waals surface area (Å²) in [5.74, 6) is 0. The van der Waals surface area contributed by atoms with Gasteiger partial charge < -0.3 is 9.32 Å². The maximum absolute atomic E-state index is 6.93. The summed E-state index contributed by atoms with van der Waals surface area (Å²) in [5, 5.41) is 4.59. The molecule has 0 radical (unpaired) electrons. The van der Waals surface area contributed by atoms with Crippen molar-refractivity contribution in [2.45, 2.75) is 5.41 Å². The Morgan fingerprint density at radius 1 is 0.313 bits per heavy atom. The van der Waals surface area contributed by atoms with Gasteiger partial charge in [0.1, 0.15) is 5.58 Å². The SMILES string of the molecule is c1ccc(-c2cccc3cccc(-c4ccccc4N(c4ccccc4-c4ccc5c(c4)C(c4ccccc4)(c4ccccc4)c4ccccc4-5)c4cccc5c4oc4ccccc45)c23)cc1. The molecule has 2 heteroatoms. The van der Waals surface area contributed by atoms with E-state index in [1.54, 1.807) is 0 Å². The second kappa shape index (κ2) is 15.8. The first-order valence-corrected chi connectivity index (χ1v) is 23.1. The summed E-state index contributed by atoms with van der Waals surface area (Å²) in [6.45, 7) is 0. The summed E-state index contributed by atoms with van der Waals surface area (Å²) in [7, 11) is 0. The number of benzene rings is 11. The average molecular weight is 854 g/mol. The zero-order valence-corrected chi connectivity index (χ0v) is 36.7. The van der Waals surface area contributed by atoms with Gasteiger partial charge in [0.15, 0.2) is 5.58 Å². The Morgan fingerprint density at radius 2 is 0.836 bits per heavy atom. The zero-order chi connectivity index (χ0) is 44.3. The minimum atomic E-state index is -0.531. The molecule has 314 valence electrons. The number of fused-ring (bicyclic) bond motifs is 7. The summed E-state index contributed by atoms with van der Waals surface area (Å²) < 4.78 is 6.93. The Kier molecular flexibility index (Phi) is 9.11. The van der Waals surface area contributed by atoms with E-state index in [1.807, 2.05) is 0 Å². The lowest BCUT2D eigenvalue weighted by atomic mass is 9.67. The average Bonchev–Trinajstić information content (AvgIpc) is 3.94. The molecule has 67 heavy (non-hydrogen) atoms. The van der Waals surface area contributed by atoms with E-state index >= 15 is 0 Å². The molecule has 13 rings (SSSR count). The highest BCUT2D eigenvalue weighted by molar-refractivity contribution is 6.13. The lowest BCUT2D eigenvalue weighted by Crippen LogP contribution is -2.28. The van der Waals surface area contributed by atoms with E-state index in [1.165, 1.54) is 55.3 Å². The number of rotatable bonds is 8. The molecule has 2 nitrogen and oxygen atoms in total. The van der Waals surface area contributed by atoms with Crippen molar-refractivity contribution in [3.8, 4) is 44.5 Å². The molecule has 12 aromatic rings. The molecular formula is C65H43NO. The third-order valence-electron chi connectivity index (χ3n) is 14.0. The van der Waals surface area contributed by atoms with Crippen LogP contribution in [0.2, 0.25) is 0 Å². The number of hydrogen-bond acceptors (Lipinski definition) is 2. The predicted octanol–water partition coefficient (Wildman–Crippen LogP) is 17.6. The van der Waals surface area contributed by atoms with Gasteiger partial charge in [-0.15, -0.1) is 0 Å². The summed E-state index contributed by atoms with van der Waals surface area (Å²) >= 11 is 0. The number of hydrogen-bond donors (Lipinski definition) is 0. The number of para-hydroxylation sites is 4. The number of anilines is 3. The van der Waals surface area contributed by atoms with Crippen molar-refractivity contribution in [3.63, 3.8) is 0 Å². The van der Waals surface area contributed by atoms with Crippen LogP contribution in [0.5, 0.6) is 0 Å². The van der Waals surface area contributed by atoms with Gasteiger partial charge in [0.25, 0.3) is 0 Å². The van der Waals surface area contributed by atoms with Crippen LogP contribution in [0.4, 0.5) is 17.1 Å². The first kappa shape index (κ1) is 38.7. The maximum Gasteiger partial charge on any atom is 0.159 e. The van der Waals surface area contributed by atoms with E-state index in [0.717, 1.165) is 61.3 Å². The summed E-state index contributed by atoms with van der Waals surface area (Å²) in [6, 6.07) is 95.0. The lowest BCUT2D eigenvalue weighted by molar-refractivity contribution is 0.669. The lowest BCUT2D eigenvalue weighted by Gasteiger charge is -2.34. The fraction of sp³-hybridized carbons (Fsp3) is 0.0154. The molecule has 1 aromatic heterocycles. The van der Waals surface area contributed by atoms with E-state index < -0.39 is 5.41 Å². The van der Waals surface area contributed by atoms with Crippen LogP contribution in [0.25, 0.3) is 77.2 Å². The molecule has 1 heterocycles. The quantitative estimate of drug-likeness (QED) is 0.151. The highest BCUT2D eigenvalue weighted by Crippen LogP contribution is 2.57. The van der Waals surface area contributed by atoms with Gasteiger partial charge in [-0.05, 0) is 96.7 Å². The molecule has 0 fully saturated rings. The van der Waals surface area contributed by atoms with Crippen molar-refractivity contribution >= 4 is 49.8 Å². The van der Waals surface area contributed by atoms with Crippen molar-refractivity contribution < 1.29 is 4.42 Å². The smallest absolute Gasteiger partial charge is 0.159 e. The largest absolute Gasteiger partial charge is 0.454 e. The van der Waals surface area contributed by atoms with E-state index in [-0.39, 0.29) is 0 Å². The molecular weight excluding hydrogens is 811 g/mol. The maximum atomic E-state index is 6.93. The van der Waals surface area contributed by atoms with E-state index in [2.05, 4.69) is 266 Å². The summed E-state index contributed by atoms with van der Waals surface area (Å²) in [6.07, 6.45) is 0.